The smallest absolute Gasteiger partial charge is 0.137 e. The summed E-state index contributed by atoms with van der Waals surface area (Å²) in [7, 11) is 0. The predicted molar refractivity (Wildman–Crippen MR) is 80.6 cm³/mol. The van der Waals surface area contributed by atoms with Crippen LogP contribution in [0.25, 0.3) is 0 Å². The summed E-state index contributed by atoms with van der Waals surface area (Å²) >= 11 is 6.04. The summed E-state index contributed by atoms with van der Waals surface area (Å²) in [6.07, 6.45) is 8.20. The molecule has 4 heteroatoms. The van der Waals surface area contributed by atoms with Crippen molar-refractivity contribution >= 4 is 17.4 Å². The SMILES string of the molecule is Cc1c(Cl)ncnc1NCC1(CC(C)C)CCCC1. The highest BCUT2D eigenvalue weighted by Crippen LogP contribution is 2.43. The summed E-state index contributed by atoms with van der Waals surface area (Å²) in [6.45, 7) is 7.59. The molecule has 1 N–H and O–H groups in total. The molecule has 1 aromatic rings. The summed E-state index contributed by atoms with van der Waals surface area (Å²) in [5.74, 6) is 1.63. The molecule has 0 atom stereocenters. The van der Waals surface area contributed by atoms with Crippen LogP contribution in [0.15, 0.2) is 6.33 Å². The highest BCUT2D eigenvalue weighted by Gasteiger charge is 2.34. The highest BCUT2D eigenvalue weighted by atomic mass is 35.5. The number of aromatic nitrogens is 2. The van der Waals surface area contributed by atoms with Gasteiger partial charge in [-0.1, -0.05) is 38.3 Å². The van der Waals surface area contributed by atoms with E-state index in [4.69, 9.17) is 11.6 Å². The zero-order chi connectivity index (χ0) is 13.9. The standard InChI is InChI=1S/C15H24ClN3/c1-11(2)8-15(6-4-5-7-15)9-17-14-12(3)13(16)18-10-19-14/h10-11H,4-9H2,1-3H3,(H,17,18,19). The fourth-order valence-corrected chi connectivity index (χ4v) is 3.46. The van der Waals surface area contributed by atoms with Gasteiger partial charge >= 0.3 is 0 Å². The Bertz CT molecular complexity index is 425. The molecule has 0 saturated heterocycles. The van der Waals surface area contributed by atoms with Gasteiger partial charge in [-0.3, -0.25) is 0 Å². The number of hydrogen-bond acceptors (Lipinski definition) is 3. The molecule has 1 saturated carbocycles. The third-order valence-electron chi connectivity index (χ3n) is 4.16. The maximum Gasteiger partial charge on any atom is 0.137 e. The number of halogens is 1. The van der Waals surface area contributed by atoms with Gasteiger partial charge < -0.3 is 5.32 Å². The van der Waals surface area contributed by atoms with Crippen molar-refractivity contribution < 1.29 is 0 Å². The van der Waals surface area contributed by atoms with Crippen LogP contribution in [0.4, 0.5) is 5.82 Å². The van der Waals surface area contributed by atoms with E-state index in [2.05, 4.69) is 29.1 Å². The molecule has 0 amide bonds. The van der Waals surface area contributed by atoms with Gasteiger partial charge in [0.25, 0.3) is 0 Å². The molecule has 0 aliphatic heterocycles. The van der Waals surface area contributed by atoms with E-state index >= 15 is 0 Å². The Morgan fingerprint density at radius 2 is 2.00 bits per heavy atom. The third kappa shape index (κ3) is 3.59. The van der Waals surface area contributed by atoms with Gasteiger partial charge in [0.1, 0.15) is 17.3 Å². The summed E-state index contributed by atoms with van der Waals surface area (Å²) in [5.41, 5.74) is 1.39. The van der Waals surface area contributed by atoms with Gasteiger partial charge in [-0.2, -0.15) is 0 Å². The van der Waals surface area contributed by atoms with Crippen LogP contribution in [0, 0.1) is 18.3 Å². The van der Waals surface area contributed by atoms with E-state index in [1.165, 1.54) is 38.4 Å². The first-order chi connectivity index (χ1) is 9.02. The third-order valence-corrected chi connectivity index (χ3v) is 4.54. The minimum atomic E-state index is 0.442. The maximum atomic E-state index is 6.04. The summed E-state index contributed by atoms with van der Waals surface area (Å²) in [5, 5.41) is 4.05. The van der Waals surface area contributed by atoms with Crippen LogP contribution >= 0.6 is 11.6 Å². The van der Waals surface area contributed by atoms with Gasteiger partial charge in [-0.05, 0) is 37.5 Å². The van der Waals surface area contributed by atoms with E-state index in [-0.39, 0.29) is 0 Å². The molecule has 19 heavy (non-hydrogen) atoms. The molecule has 1 heterocycles. The van der Waals surface area contributed by atoms with E-state index in [0.29, 0.717) is 10.6 Å². The Hall–Kier alpha value is -0.830. The Morgan fingerprint density at radius 1 is 1.32 bits per heavy atom. The highest BCUT2D eigenvalue weighted by molar-refractivity contribution is 6.30. The van der Waals surface area contributed by atoms with Crippen LogP contribution in [0.5, 0.6) is 0 Å². The van der Waals surface area contributed by atoms with E-state index in [0.717, 1.165) is 23.8 Å². The monoisotopic (exact) mass is 281 g/mol. The lowest BCUT2D eigenvalue weighted by atomic mass is 9.78. The Morgan fingerprint density at radius 3 is 2.63 bits per heavy atom. The molecule has 1 fully saturated rings. The minimum absolute atomic E-state index is 0.442. The van der Waals surface area contributed by atoms with Crippen LogP contribution in [-0.2, 0) is 0 Å². The second-order valence-electron chi connectivity index (χ2n) is 6.30. The predicted octanol–water partition coefficient (Wildman–Crippen LogP) is 4.46. The topological polar surface area (TPSA) is 37.8 Å². The van der Waals surface area contributed by atoms with Gasteiger partial charge in [-0.15, -0.1) is 0 Å². The van der Waals surface area contributed by atoms with E-state index in [1.54, 1.807) is 0 Å². The van der Waals surface area contributed by atoms with Crippen molar-refractivity contribution in [3.63, 3.8) is 0 Å². The first-order valence-electron chi connectivity index (χ1n) is 7.23. The summed E-state index contributed by atoms with van der Waals surface area (Å²) in [4.78, 5) is 8.30. The Kier molecular flexibility index (Phi) is 4.67. The van der Waals surface area contributed by atoms with Gasteiger partial charge in [-0.25, -0.2) is 9.97 Å². The van der Waals surface area contributed by atoms with Crippen molar-refractivity contribution in [2.45, 2.75) is 52.9 Å². The molecular formula is C15H24ClN3. The number of nitrogens with zero attached hydrogens (tertiary/aromatic N) is 2. The Balaban J connectivity index is 2.05. The molecule has 0 unspecified atom stereocenters. The fraction of sp³-hybridized carbons (Fsp3) is 0.733. The molecule has 3 nitrogen and oxygen atoms in total. The second kappa shape index (κ2) is 6.08. The molecule has 0 spiro atoms. The fourth-order valence-electron chi connectivity index (χ4n) is 3.32. The van der Waals surface area contributed by atoms with Crippen molar-refractivity contribution in [1.29, 1.82) is 0 Å². The van der Waals surface area contributed by atoms with Crippen molar-refractivity contribution in [2.75, 3.05) is 11.9 Å². The Labute approximate surface area is 121 Å². The molecule has 0 radical (unpaired) electrons. The van der Waals surface area contributed by atoms with E-state index < -0.39 is 0 Å². The average Bonchev–Trinajstić information content (AvgIpc) is 2.79. The van der Waals surface area contributed by atoms with Crippen LogP contribution < -0.4 is 5.32 Å². The molecule has 2 rings (SSSR count). The van der Waals surface area contributed by atoms with E-state index in [1.807, 2.05) is 6.92 Å². The summed E-state index contributed by atoms with van der Waals surface area (Å²) in [6, 6.07) is 0. The number of nitrogens with one attached hydrogen (secondary N) is 1. The van der Waals surface area contributed by atoms with Gasteiger partial charge in [0.05, 0.1) is 0 Å². The quantitative estimate of drug-likeness (QED) is 0.810. The first-order valence-corrected chi connectivity index (χ1v) is 7.61. The molecule has 1 aliphatic carbocycles. The molecule has 0 bridgehead atoms. The van der Waals surface area contributed by atoms with Crippen LogP contribution in [0.3, 0.4) is 0 Å². The van der Waals surface area contributed by atoms with Crippen molar-refractivity contribution in [1.82, 2.24) is 9.97 Å². The molecular weight excluding hydrogens is 258 g/mol. The lowest BCUT2D eigenvalue weighted by Gasteiger charge is -2.31. The largest absolute Gasteiger partial charge is 0.369 e. The normalized spacial score (nSPS) is 17.9. The second-order valence-corrected chi connectivity index (χ2v) is 6.65. The zero-order valence-corrected chi connectivity index (χ0v) is 12.9. The van der Waals surface area contributed by atoms with Crippen molar-refractivity contribution in [2.24, 2.45) is 11.3 Å². The number of hydrogen-bond donors (Lipinski definition) is 1. The number of rotatable bonds is 5. The van der Waals surface area contributed by atoms with Crippen LogP contribution in [0.2, 0.25) is 5.15 Å². The van der Waals surface area contributed by atoms with E-state index in [9.17, 15) is 0 Å². The zero-order valence-electron chi connectivity index (χ0n) is 12.2. The molecule has 106 valence electrons. The maximum absolute atomic E-state index is 6.04. The molecule has 1 aliphatic rings. The van der Waals surface area contributed by atoms with Crippen molar-refractivity contribution in [3.05, 3.63) is 17.0 Å². The van der Waals surface area contributed by atoms with Gasteiger partial charge in [0.2, 0.25) is 0 Å². The van der Waals surface area contributed by atoms with Crippen molar-refractivity contribution in [3.8, 4) is 0 Å². The van der Waals surface area contributed by atoms with Crippen LogP contribution in [0.1, 0.15) is 51.5 Å². The van der Waals surface area contributed by atoms with Gasteiger partial charge in [0, 0.05) is 12.1 Å². The molecule has 0 aromatic carbocycles. The lowest BCUT2D eigenvalue weighted by Crippen LogP contribution is -2.29. The minimum Gasteiger partial charge on any atom is -0.369 e. The van der Waals surface area contributed by atoms with Crippen LogP contribution in [-0.4, -0.2) is 16.5 Å². The lowest BCUT2D eigenvalue weighted by molar-refractivity contribution is 0.252. The van der Waals surface area contributed by atoms with Gasteiger partial charge in [0.15, 0.2) is 0 Å². The molecule has 1 aromatic heterocycles. The summed E-state index contributed by atoms with van der Waals surface area (Å²) < 4.78 is 0. The number of anilines is 1. The average molecular weight is 282 g/mol. The first kappa shape index (κ1) is 14.6.